The molecular formula is C10H14ClNO4. The van der Waals surface area contributed by atoms with Crippen LogP contribution in [0.1, 0.15) is 11.6 Å². The molecule has 0 spiro atoms. The van der Waals surface area contributed by atoms with Gasteiger partial charge in [0.05, 0.1) is 14.2 Å². The molecule has 0 aliphatic carbocycles. The first-order chi connectivity index (χ1) is 7.08. The van der Waals surface area contributed by atoms with E-state index in [-0.39, 0.29) is 12.4 Å². The molecule has 0 heterocycles. The topological polar surface area (TPSA) is 81.8 Å². The molecule has 90 valence electrons. The molecule has 5 nitrogen and oxygen atoms in total. The van der Waals surface area contributed by atoms with Crippen LogP contribution in [0.25, 0.3) is 0 Å². The van der Waals surface area contributed by atoms with E-state index < -0.39 is 12.0 Å². The van der Waals surface area contributed by atoms with Crippen LogP contribution in [0.15, 0.2) is 18.2 Å². The van der Waals surface area contributed by atoms with E-state index in [1.165, 1.54) is 14.2 Å². The molecule has 0 amide bonds. The molecule has 1 aromatic carbocycles. The van der Waals surface area contributed by atoms with Gasteiger partial charge in [-0.2, -0.15) is 0 Å². The highest BCUT2D eigenvalue weighted by molar-refractivity contribution is 5.85. The van der Waals surface area contributed by atoms with Crippen LogP contribution < -0.4 is 15.2 Å². The van der Waals surface area contributed by atoms with Crippen molar-refractivity contribution in [1.82, 2.24) is 0 Å². The molecule has 3 N–H and O–H groups in total. The van der Waals surface area contributed by atoms with Gasteiger partial charge < -0.3 is 20.3 Å². The van der Waals surface area contributed by atoms with E-state index in [1.54, 1.807) is 18.2 Å². The minimum absolute atomic E-state index is 0. The highest BCUT2D eigenvalue weighted by Crippen LogP contribution is 2.25. The standard InChI is InChI=1S/C10H13NO4.ClH/c1-14-7-3-6(9(11)10(12)13)4-8(5-7)15-2;/h3-5,9H,11H2,1-2H3,(H,12,13);1H/t9-;/m0./s1. The van der Waals surface area contributed by atoms with Crippen LogP contribution >= 0.6 is 12.4 Å². The molecule has 0 aromatic heterocycles. The Labute approximate surface area is 99.6 Å². The van der Waals surface area contributed by atoms with Gasteiger partial charge in [0.15, 0.2) is 0 Å². The summed E-state index contributed by atoms with van der Waals surface area (Å²) < 4.78 is 10.00. The van der Waals surface area contributed by atoms with Gasteiger partial charge in [-0.3, -0.25) is 4.79 Å². The van der Waals surface area contributed by atoms with Crippen LogP contribution in [0.4, 0.5) is 0 Å². The zero-order valence-corrected chi connectivity index (χ0v) is 9.78. The predicted molar refractivity (Wildman–Crippen MR) is 61.4 cm³/mol. The maximum atomic E-state index is 10.7. The number of hydrogen-bond acceptors (Lipinski definition) is 4. The summed E-state index contributed by atoms with van der Waals surface area (Å²) in [4.78, 5) is 10.7. The normalized spacial score (nSPS) is 11.2. The summed E-state index contributed by atoms with van der Waals surface area (Å²) >= 11 is 0. The number of carbonyl (C=O) groups is 1. The minimum atomic E-state index is -1.09. The molecule has 0 saturated heterocycles. The van der Waals surface area contributed by atoms with Crippen molar-refractivity contribution in [1.29, 1.82) is 0 Å². The zero-order valence-electron chi connectivity index (χ0n) is 8.97. The third kappa shape index (κ3) is 3.29. The lowest BCUT2D eigenvalue weighted by molar-refractivity contribution is -0.138. The Morgan fingerprint density at radius 3 is 2.00 bits per heavy atom. The number of ether oxygens (including phenoxy) is 2. The van der Waals surface area contributed by atoms with E-state index in [4.69, 9.17) is 20.3 Å². The highest BCUT2D eigenvalue weighted by atomic mass is 35.5. The van der Waals surface area contributed by atoms with Crippen molar-refractivity contribution >= 4 is 18.4 Å². The van der Waals surface area contributed by atoms with Crippen LogP contribution in [0.3, 0.4) is 0 Å². The minimum Gasteiger partial charge on any atom is -0.497 e. The summed E-state index contributed by atoms with van der Waals surface area (Å²) in [6.45, 7) is 0. The van der Waals surface area contributed by atoms with Gasteiger partial charge in [0.2, 0.25) is 0 Å². The molecule has 0 radical (unpaired) electrons. The van der Waals surface area contributed by atoms with Crippen molar-refractivity contribution in [3.8, 4) is 11.5 Å². The summed E-state index contributed by atoms with van der Waals surface area (Å²) in [7, 11) is 2.98. The Kier molecular flexibility index (Phi) is 5.63. The molecule has 0 aliphatic rings. The van der Waals surface area contributed by atoms with Gasteiger partial charge in [0.25, 0.3) is 0 Å². The molecule has 1 rings (SSSR count). The van der Waals surface area contributed by atoms with E-state index >= 15 is 0 Å². The van der Waals surface area contributed by atoms with Gasteiger partial charge in [-0.05, 0) is 17.7 Å². The lowest BCUT2D eigenvalue weighted by Crippen LogP contribution is -2.20. The number of hydrogen-bond donors (Lipinski definition) is 2. The second-order valence-electron chi connectivity index (χ2n) is 2.96. The van der Waals surface area contributed by atoms with Crippen molar-refractivity contribution in [2.24, 2.45) is 5.73 Å². The average Bonchev–Trinajstić information content (AvgIpc) is 2.27. The average molecular weight is 248 g/mol. The van der Waals surface area contributed by atoms with Gasteiger partial charge in [-0.1, -0.05) is 0 Å². The zero-order chi connectivity index (χ0) is 11.4. The Balaban J connectivity index is 0.00000225. The molecule has 16 heavy (non-hydrogen) atoms. The largest absolute Gasteiger partial charge is 0.497 e. The number of carboxylic acid groups (broad SMARTS) is 1. The Morgan fingerprint density at radius 2 is 1.69 bits per heavy atom. The Bertz CT molecular complexity index is 348. The monoisotopic (exact) mass is 247 g/mol. The van der Waals surface area contributed by atoms with Gasteiger partial charge in [-0.25, -0.2) is 0 Å². The fourth-order valence-corrected chi connectivity index (χ4v) is 1.15. The van der Waals surface area contributed by atoms with Crippen molar-refractivity contribution in [2.45, 2.75) is 6.04 Å². The van der Waals surface area contributed by atoms with Crippen molar-refractivity contribution in [3.05, 3.63) is 23.8 Å². The van der Waals surface area contributed by atoms with Crippen LogP contribution in [0, 0.1) is 0 Å². The quantitative estimate of drug-likeness (QED) is 0.836. The summed E-state index contributed by atoms with van der Waals surface area (Å²) in [5.41, 5.74) is 5.92. The summed E-state index contributed by atoms with van der Waals surface area (Å²) in [5.74, 6) is -0.0626. The molecule has 1 atom stereocenters. The van der Waals surface area contributed by atoms with Gasteiger partial charge in [0, 0.05) is 6.07 Å². The first-order valence-corrected chi connectivity index (χ1v) is 4.30. The van der Waals surface area contributed by atoms with Gasteiger partial charge in [0.1, 0.15) is 17.5 Å². The van der Waals surface area contributed by atoms with E-state index in [0.717, 1.165) is 0 Å². The van der Waals surface area contributed by atoms with E-state index in [1.807, 2.05) is 0 Å². The van der Waals surface area contributed by atoms with Gasteiger partial charge in [-0.15, -0.1) is 12.4 Å². The molecule has 0 aliphatic heterocycles. The Hall–Kier alpha value is -1.46. The van der Waals surface area contributed by atoms with Crippen LogP contribution in [0.5, 0.6) is 11.5 Å². The third-order valence-electron chi connectivity index (χ3n) is 2.00. The summed E-state index contributed by atoms with van der Waals surface area (Å²) in [6.07, 6.45) is 0. The van der Waals surface area contributed by atoms with Crippen molar-refractivity contribution in [2.75, 3.05) is 14.2 Å². The second-order valence-corrected chi connectivity index (χ2v) is 2.96. The predicted octanol–water partition coefficient (Wildman–Crippen LogP) is 1.21. The maximum absolute atomic E-state index is 10.7. The number of carboxylic acids is 1. The molecule has 0 fully saturated rings. The molecule has 0 unspecified atom stereocenters. The lowest BCUT2D eigenvalue weighted by atomic mass is 10.1. The smallest absolute Gasteiger partial charge is 0.325 e. The van der Waals surface area contributed by atoms with Crippen LogP contribution in [-0.2, 0) is 4.79 Å². The fraction of sp³-hybridized carbons (Fsp3) is 0.300. The summed E-state index contributed by atoms with van der Waals surface area (Å²) in [6, 6.07) is 3.72. The van der Waals surface area contributed by atoms with E-state index in [0.29, 0.717) is 17.1 Å². The fourth-order valence-electron chi connectivity index (χ4n) is 1.15. The summed E-state index contributed by atoms with van der Waals surface area (Å²) in [5, 5.41) is 8.76. The molecule has 6 heteroatoms. The van der Waals surface area contributed by atoms with Gasteiger partial charge >= 0.3 is 5.97 Å². The van der Waals surface area contributed by atoms with E-state index in [2.05, 4.69) is 0 Å². The van der Waals surface area contributed by atoms with Crippen molar-refractivity contribution < 1.29 is 19.4 Å². The highest BCUT2D eigenvalue weighted by Gasteiger charge is 2.16. The maximum Gasteiger partial charge on any atom is 0.325 e. The molecule has 0 bridgehead atoms. The number of rotatable bonds is 4. The van der Waals surface area contributed by atoms with Crippen molar-refractivity contribution in [3.63, 3.8) is 0 Å². The van der Waals surface area contributed by atoms with E-state index in [9.17, 15) is 4.79 Å². The number of methoxy groups -OCH3 is 2. The number of halogens is 1. The Morgan fingerprint density at radius 1 is 1.25 bits per heavy atom. The van der Waals surface area contributed by atoms with Crippen LogP contribution in [0.2, 0.25) is 0 Å². The van der Waals surface area contributed by atoms with Crippen LogP contribution in [-0.4, -0.2) is 25.3 Å². The SMILES string of the molecule is COc1cc(OC)cc([C@H](N)C(=O)O)c1.Cl. The second kappa shape index (κ2) is 6.19. The lowest BCUT2D eigenvalue weighted by Gasteiger charge is -2.11. The number of aliphatic carboxylic acids is 1. The first kappa shape index (κ1) is 14.5. The molecule has 1 aromatic rings. The third-order valence-corrected chi connectivity index (χ3v) is 2.00. The number of nitrogens with two attached hydrogens (primary N) is 1. The number of benzene rings is 1. The molecule has 0 saturated carbocycles. The first-order valence-electron chi connectivity index (χ1n) is 4.30. The molecular weight excluding hydrogens is 234 g/mol.